The van der Waals surface area contributed by atoms with Crippen LogP contribution >= 0.6 is 11.6 Å². The Labute approximate surface area is 156 Å². The van der Waals surface area contributed by atoms with Crippen LogP contribution in [0.3, 0.4) is 0 Å². The Hall–Kier alpha value is -2.60. The van der Waals surface area contributed by atoms with Crippen LogP contribution in [0.1, 0.15) is 44.6 Å². The van der Waals surface area contributed by atoms with Gasteiger partial charge in [0.25, 0.3) is 0 Å². The fourth-order valence-electron chi connectivity index (χ4n) is 2.60. The topological polar surface area (TPSA) is 85.5 Å². The molecule has 0 saturated heterocycles. The molecule has 1 aromatic heterocycles. The van der Waals surface area contributed by atoms with Gasteiger partial charge in [-0.3, -0.25) is 9.59 Å². The quantitative estimate of drug-likeness (QED) is 0.590. The van der Waals surface area contributed by atoms with Gasteiger partial charge in [0, 0.05) is 10.7 Å². The smallest absolute Gasteiger partial charge is 0.340 e. The van der Waals surface area contributed by atoms with E-state index < -0.39 is 24.3 Å². The third kappa shape index (κ3) is 4.52. The van der Waals surface area contributed by atoms with Gasteiger partial charge in [0.05, 0.1) is 24.3 Å². The number of halogens is 1. The van der Waals surface area contributed by atoms with Crippen LogP contribution in [0.25, 0.3) is 0 Å². The monoisotopic (exact) mass is 377 g/mol. The highest BCUT2D eigenvalue weighted by Crippen LogP contribution is 2.20. The fraction of sp³-hybridized carbons (Fsp3) is 0.316. The second kappa shape index (κ2) is 8.67. The van der Waals surface area contributed by atoms with Gasteiger partial charge in [-0.2, -0.15) is 0 Å². The maximum absolute atomic E-state index is 12.3. The third-order valence-electron chi connectivity index (χ3n) is 3.85. The van der Waals surface area contributed by atoms with Gasteiger partial charge in [0.15, 0.2) is 6.61 Å². The summed E-state index contributed by atoms with van der Waals surface area (Å²) in [7, 11) is 0. The minimum atomic E-state index is -0.557. The molecule has 0 unspecified atom stereocenters. The van der Waals surface area contributed by atoms with E-state index in [1.807, 2.05) is 0 Å². The first kappa shape index (κ1) is 19.7. The first-order chi connectivity index (χ1) is 12.3. The summed E-state index contributed by atoms with van der Waals surface area (Å²) in [6.45, 7) is 4.85. The van der Waals surface area contributed by atoms with Gasteiger partial charge in [0.2, 0.25) is 5.78 Å². The number of esters is 2. The summed E-state index contributed by atoms with van der Waals surface area (Å²) in [5, 5.41) is 0.464. The van der Waals surface area contributed by atoms with Crippen LogP contribution in [-0.4, -0.2) is 35.9 Å². The summed E-state index contributed by atoms with van der Waals surface area (Å²) >= 11 is 6.00. The molecule has 7 heteroatoms. The van der Waals surface area contributed by atoms with E-state index in [1.54, 1.807) is 45.0 Å². The molecule has 0 radical (unpaired) electrons. The predicted molar refractivity (Wildman–Crippen MR) is 96.7 cm³/mol. The number of Topliss-reactive ketones (excluding diaryl/α,β-unsaturated/α-hetero) is 1. The maximum atomic E-state index is 12.3. The van der Waals surface area contributed by atoms with Gasteiger partial charge in [0.1, 0.15) is 0 Å². The summed E-state index contributed by atoms with van der Waals surface area (Å²) in [5.41, 5.74) is 2.21. The Bertz CT molecular complexity index is 840. The fourth-order valence-corrected chi connectivity index (χ4v) is 2.81. The molecule has 26 heavy (non-hydrogen) atoms. The molecule has 0 aliphatic carbocycles. The number of benzene rings is 1. The van der Waals surface area contributed by atoms with E-state index in [2.05, 4.69) is 4.98 Å². The summed E-state index contributed by atoms with van der Waals surface area (Å²) in [5.74, 6) is -1.47. The Balaban J connectivity index is 2.02. The molecule has 0 atom stereocenters. The minimum Gasteiger partial charge on any atom is -0.462 e. The predicted octanol–water partition coefficient (Wildman–Crippen LogP) is 3.43. The first-order valence-electron chi connectivity index (χ1n) is 8.13. The Morgan fingerprint density at radius 3 is 2.46 bits per heavy atom. The lowest BCUT2D eigenvalue weighted by Crippen LogP contribution is -2.17. The molecule has 0 fully saturated rings. The van der Waals surface area contributed by atoms with Gasteiger partial charge in [-0.1, -0.05) is 29.8 Å². The summed E-state index contributed by atoms with van der Waals surface area (Å²) in [6.07, 6.45) is -0.0240. The van der Waals surface area contributed by atoms with E-state index in [0.717, 1.165) is 0 Å². The van der Waals surface area contributed by atoms with E-state index in [4.69, 9.17) is 21.1 Å². The number of nitrogens with one attached hydrogen (secondary N) is 1. The molecule has 0 saturated carbocycles. The molecule has 2 aromatic rings. The Morgan fingerprint density at radius 2 is 1.81 bits per heavy atom. The summed E-state index contributed by atoms with van der Waals surface area (Å²) in [6, 6.07) is 6.92. The maximum Gasteiger partial charge on any atom is 0.340 e. The van der Waals surface area contributed by atoms with E-state index in [9.17, 15) is 14.4 Å². The lowest BCUT2D eigenvalue weighted by atomic mass is 10.1. The third-order valence-corrected chi connectivity index (χ3v) is 4.22. The van der Waals surface area contributed by atoms with Gasteiger partial charge >= 0.3 is 11.9 Å². The zero-order chi connectivity index (χ0) is 19.3. The molecule has 138 valence electrons. The molecule has 6 nitrogen and oxygen atoms in total. The number of rotatable bonds is 7. The number of carbonyl (C=O) groups excluding carboxylic acids is 3. The number of aryl methyl sites for hydroxylation is 1. The molecule has 1 heterocycles. The highest BCUT2D eigenvalue weighted by atomic mass is 35.5. The second-order valence-electron chi connectivity index (χ2n) is 5.70. The van der Waals surface area contributed by atoms with Crippen LogP contribution in [0, 0.1) is 13.8 Å². The number of aromatic amines is 1. The van der Waals surface area contributed by atoms with Crippen molar-refractivity contribution in [3.8, 4) is 0 Å². The SMILES string of the molecule is CCOC(=O)c1c(C)[nH]c(C(=O)COC(=O)Cc2ccccc2Cl)c1C. The van der Waals surface area contributed by atoms with Crippen molar-refractivity contribution in [3.63, 3.8) is 0 Å². The minimum absolute atomic E-state index is 0.0240. The van der Waals surface area contributed by atoms with Crippen molar-refractivity contribution in [1.82, 2.24) is 4.98 Å². The summed E-state index contributed by atoms with van der Waals surface area (Å²) < 4.78 is 10.0. The number of ketones is 1. The number of hydrogen-bond acceptors (Lipinski definition) is 5. The molecule has 0 bridgehead atoms. The molecule has 2 rings (SSSR count). The second-order valence-corrected chi connectivity index (χ2v) is 6.10. The zero-order valence-electron chi connectivity index (χ0n) is 14.8. The van der Waals surface area contributed by atoms with Crippen LogP contribution in [0.15, 0.2) is 24.3 Å². The van der Waals surface area contributed by atoms with E-state index in [0.29, 0.717) is 27.4 Å². The molecule has 0 aliphatic heterocycles. The molecular formula is C19H20ClNO5. The lowest BCUT2D eigenvalue weighted by molar-refractivity contribution is -0.141. The number of aromatic nitrogens is 1. The summed E-state index contributed by atoms with van der Waals surface area (Å²) in [4.78, 5) is 39.1. The highest BCUT2D eigenvalue weighted by molar-refractivity contribution is 6.31. The van der Waals surface area contributed by atoms with Crippen molar-refractivity contribution >= 4 is 29.3 Å². The molecule has 1 N–H and O–H groups in total. The zero-order valence-corrected chi connectivity index (χ0v) is 15.6. The lowest BCUT2D eigenvalue weighted by Gasteiger charge is -2.06. The molecule has 1 aromatic carbocycles. The van der Waals surface area contributed by atoms with Gasteiger partial charge < -0.3 is 14.5 Å². The average Bonchev–Trinajstić information content (AvgIpc) is 2.89. The van der Waals surface area contributed by atoms with Crippen molar-refractivity contribution in [2.24, 2.45) is 0 Å². The normalized spacial score (nSPS) is 10.5. The van der Waals surface area contributed by atoms with Gasteiger partial charge in [-0.25, -0.2) is 4.79 Å². The number of ether oxygens (including phenoxy) is 2. The van der Waals surface area contributed by atoms with Crippen LogP contribution < -0.4 is 0 Å². The molecule has 0 amide bonds. The number of hydrogen-bond donors (Lipinski definition) is 1. The van der Waals surface area contributed by atoms with Crippen LogP contribution in [0.2, 0.25) is 5.02 Å². The number of carbonyl (C=O) groups is 3. The first-order valence-corrected chi connectivity index (χ1v) is 8.51. The molecule has 0 spiro atoms. The van der Waals surface area contributed by atoms with Crippen LogP contribution in [0.5, 0.6) is 0 Å². The van der Waals surface area contributed by atoms with Crippen LogP contribution in [0.4, 0.5) is 0 Å². The van der Waals surface area contributed by atoms with E-state index in [-0.39, 0.29) is 18.7 Å². The molecule has 0 aliphatic rings. The largest absolute Gasteiger partial charge is 0.462 e. The Kier molecular flexibility index (Phi) is 6.58. The van der Waals surface area contributed by atoms with Crippen LogP contribution in [-0.2, 0) is 20.7 Å². The standard InChI is InChI=1S/C19H20ClNO5/c1-4-25-19(24)17-11(2)18(21-12(17)3)15(22)10-26-16(23)9-13-7-5-6-8-14(13)20/h5-8,21H,4,9-10H2,1-3H3. The van der Waals surface area contributed by atoms with Gasteiger partial charge in [-0.15, -0.1) is 0 Å². The van der Waals surface area contributed by atoms with Crippen molar-refractivity contribution < 1.29 is 23.9 Å². The van der Waals surface area contributed by atoms with Crippen molar-refractivity contribution in [3.05, 3.63) is 57.4 Å². The Morgan fingerprint density at radius 1 is 1.12 bits per heavy atom. The van der Waals surface area contributed by atoms with E-state index in [1.165, 1.54) is 0 Å². The van der Waals surface area contributed by atoms with Crippen molar-refractivity contribution in [1.29, 1.82) is 0 Å². The van der Waals surface area contributed by atoms with Gasteiger partial charge in [-0.05, 0) is 38.0 Å². The van der Waals surface area contributed by atoms with Crippen molar-refractivity contribution in [2.75, 3.05) is 13.2 Å². The average molecular weight is 378 g/mol. The highest BCUT2D eigenvalue weighted by Gasteiger charge is 2.23. The molecular weight excluding hydrogens is 358 g/mol. The van der Waals surface area contributed by atoms with Crippen molar-refractivity contribution in [2.45, 2.75) is 27.2 Å². The van der Waals surface area contributed by atoms with E-state index >= 15 is 0 Å². The number of H-pyrrole nitrogens is 1.